The molecule has 2 heterocycles. The van der Waals surface area contributed by atoms with Gasteiger partial charge in [0.25, 0.3) is 11.1 Å². The van der Waals surface area contributed by atoms with Crippen LogP contribution >= 0.6 is 34.4 Å². The highest BCUT2D eigenvalue weighted by atomic mass is 127. The Labute approximate surface area is 220 Å². The highest BCUT2D eigenvalue weighted by molar-refractivity contribution is 14.1. The minimum atomic E-state index is -0.528. The van der Waals surface area contributed by atoms with Gasteiger partial charge in [-0.3, -0.25) is 19.3 Å². The van der Waals surface area contributed by atoms with E-state index < -0.39 is 23.6 Å². The van der Waals surface area contributed by atoms with Crippen LogP contribution in [0.25, 0.3) is 6.08 Å². The van der Waals surface area contributed by atoms with Gasteiger partial charge in [0.15, 0.2) is 23.0 Å². The molecule has 1 N–H and O–H groups in total. The first kappa shape index (κ1) is 25.2. The quantitative estimate of drug-likeness (QED) is 0.317. The Kier molecular flexibility index (Phi) is 8.06. The van der Waals surface area contributed by atoms with Crippen LogP contribution in [0, 0.1) is 3.57 Å². The van der Waals surface area contributed by atoms with Crippen LogP contribution in [0.5, 0.6) is 23.0 Å². The van der Waals surface area contributed by atoms with Crippen LogP contribution in [-0.4, -0.2) is 48.5 Å². The van der Waals surface area contributed by atoms with Crippen LogP contribution < -0.4 is 24.3 Å². The fraction of sp³-hybridized carbons (Fsp3) is 0.292. The summed E-state index contributed by atoms with van der Waals surface area (Å²) in [6.07, 6.45) is 2.48. The van der Waals surface area contributed by atoms with Gasteiger partial charge in [0.1, 0.15) is 6.54 Å². The summed E-state index contributed by atoms with van der Waals surface area (Å²) in [5.41, 5.74) is 1.17. The molecule has 0 unspecified atom stereocenters. The molecule has 0 bridgehead atoms. The molecule has 0 saturated carbocycles. The number of nitrogens with zero attached hydrogens (tertiary/aromatic N) is 1. The number of thioether (sulfide) groups is 1. The van der Waals surface area contributed by atoms with Crippen molar-refractivity contribution in [2.75, 3.05) is 31.9 Å². The standard InChI is InChI=1S/C24H23IN2O7S/c1-3-7-32-22-16(25)8-14(9-19(22)31-4-2)10-20-23(29)27(24(30)35-20)12-21(28)26-15-5-6-17-18(11-15)34-13-33-17/h5-6,8-11H,3-4,7,12-13H2,1-2H3,(H,26,28)/b20-10-. The smallest absolute Gasteiger partial charge is 0.294 e. The first-order valence-electron chi connectivity index (χ1n) is 10.9. The van der Waals surface area contributed by atoms with E-state index in [0.717, 1.165) is 26.7 Å². The summed E-state index contributed by atoms with van der Waals surface area (Å²) in [4.78, 5) is 39.1. The van der Waals surface area contributed by atoms with Crippen molar-refractivity contribution in [3.63, 3.8) is 0 Å². The van der Waals surface area contributed by atoms with Crippen LogP contribution in [-0.2, 0) is 9.59 Å². The zero-order valence-electron chi connectivity index (χ0n) is 19.1. The predicted octanol–water partition coefficient (Wildman–Crippen LogP) is 4.88. The number of hydrogen-bond acceptors (Lipinski definition) is 8. The molecular weight excluding hydrogens is 587 g/mol. The summed E-state index contributed by atoms with van der Waals surface area (Å²) in [6.45, 7) is 4.63. The maximum Gasteiger partial charge on any atom is 0.294 e. The van der Waals surface area contributed by atoms with Crippen molar-refractivity contribution >= 4 is 63.2 Å². The van der Waals surface area contributed by atoms with Crippen molar-refractivity contribution in [1.29, 1.82) is 0 Å². The molecule has 35 heavy (non-hydrogen) atoms. The number of carbonyl (C=O) groups is 3. The Morgan fingerprint density at radius 2 is 1.97 bits per heavy atom. The molecule has 0 aromatic heterocycles. The van der Waals surface area contributed by atoms with Gasteiger partial charge in [-0.25, -0.2) is 0 Å². The van der Waals surface area contributed by atoms with Gasteiger partial charge in [-0.1, -0.05) is 6.92 Å². The lowest BCUT2D eigenvalue weighted by Gasteiger charge is -2.14. The summed E-state index contributed by atoms with van der Waals surface area (Å²) >= 11 is 2.95. The maximum absolute atomic E-state index is 12.9. The highest BCUT2D eigenvalue weighted by Crippen LogP contribution is 2.38. The van der Waals surface area contributed by atoms with Crippen LogP contribution in [0.1, 0.15) is 25.8 Å². The van der Waals surface area contributed by atoms with Crippen LogP contribution in [0.4, 0.5) is 10.5 Å². The van der Waals surface area contributed by atoms with Gasteiger partial charge >= 0.3 is 0 Å². The fourth-order valence-corrected chi connectivity index (χ4v) is 5.00. The Bertz CT molecular complexity index is 1200. The number of anilines is 1. The van der Waals surface area contributed by atoms with E-state index in [1.807, 2.05) is 19.9 Å². The topological polar surface area (TPSA) is 103 Å². The number of carbonyl (C=O) groups excluding carboxylic acids is 3. The lowest BCUT2D eigenvalue weighted by Crippen LogP contribution is -2.36. The number of nitrogens with one attached hydrogen (secondary N) is 1. The minimum Gasteiger partial charge on any atom is -0.490 e. The lowest BCUT2D eigenvalue weighted by molar-refractivity contribution is -0.127. The molecular formula is C24H23IN2O7S. The second-order valence-corrected chi connectivity index (χ2v) is 9.65. The monoisotopic (exact) mass is 610 g/mol. The second kappa shape index (κ2) is 11.2. The van der Waals surface area contributed by atoms with Gasteiger partial charge in [-0.05, 0) is 83.6 Å². The van der Waals surface area contributed by atoms with E-state index >= 15 is 0 Å². The van der Waals surface area contributed by atoms with Crippen molar-refractivity contribution in [2.45, 2.75) is 20.3 Å². The molecule has 0 aliphatic carbocycles. The maximum atomic E-state index is 12.9. The average Bonchev–Trinajstić information content (AvgIpc) is 3.38. The Hall–Kier alpha value is -2.93. The number of hydrogen-bond donors (Lipinski definition) is 1. The van der Waals surface area contributed by atoms with E-state index in [1.165, 1.54) is 0 Å². The summed E-state index contributed by atoms with van der Waals surface area (Å²) in [5, 5.41) is 2.17. The first-order valence-corrected chi connectivity index (χ1v) is 12.8. The van der Waals surface area contributed by atoms with E-state index in [1.54, 1.807) is 30.3 Å². The van der Waals surface area contributed by atoms with E-state index in [4.69, 9.17) is 18.9 Å². The van der Waals surface area contributed by atoms with E-state index in [0.29, 0.717) is 47.5 Å². The molecule has 11 heteroatoms. The molecule has 184 valence electrons. The number of ether oxygens (including phenoxy) is 4. The molecule has 0 spiro atoms. The predicted molar refractivity (Wildman–Crippen MR) is 140 cm³/mol. The Balaban J connectivity index is 1.47. The van der Waals surface area contributed by atoms with Crippen molar-refractivity contribution in [3.8, 4) is 23.0 Å². The molecule has 4 rings (SSSR count). The van der Waals surface area contributed by atoms with Gasteiger partial charge in [0.05, 0.1) is 21.7 Å². The molecule has 1 saturated heterocycles. The summed E-state index contributed by atoms with van der Waals surface area (Å²) in [5.74, 6) is 1.30. The molecule has 2 aliphatic heterocycles. The fourth-order valence-electron chi connectivity index (χ4n) is 3.38. The molecule has 0 radical (unpaired) electrons. The van der Waals surface area contributed by atoms with Crippen LogP contribution in [0.3, 0.4) is 0 Å². The Morgan fingerprint density at radius 1 is 1.17 bits per heavy atom. The number of benzene rings is 2. The number of imide groups is 1. The first-order chi connectivity index (χ1) is 16.9. The third-order valence-corrected chi connectivity index (χ3v) is 6.62. The summed E-state index contributed by atoms with van der Waals surface area (Å²) in [7, 11) is 0. The van der Waals surface area contributed by atoms with E-state index in [9.17, 15) is 14.4 Å². The zero-order valence-corrected chi connectivity index (χ0v) is 22.1. The van der Waals surface area contributed by atoms with Crippen molar-refractivity contribution < 1.29 is 33.3 Å². The average molecular weight is 610 g/mol. The van der Waals surface area contributed by atoms with Crippen molar-refractivity contribution in [2.24, 2.45) is 0 Å². The molecule has 0 atom stereocenters. The SMILES string of the molecule is CCCOc1c(I)cc(/C=C2\SC(=O)N(CC(=O)Nc3ccc4c(c3)OCO4)C2=O)cc1OCC. The number of amides is 3. The third-order valence-electron chi connectivity index (χ3n) is 4.91. The number of halogens is 1. The van der Waals surface area contributed by atoms with Gasteiger partial charge in [0, 0.05) is 11.8 Å². The van der Waals surface area contributed by atoms with Gasteiger partial charge in [0.2, 0.25) is 12.7 Å². The normalized spacial score (nSPS) is 15.6. The number of fused-ring (bicyclic) bond motifs is 1. The molecule has 2 aromatic rings. The largest absolute Gasteiger partial charge is 0.490 e. The molecule has 1 fully saturated rings. The molecule has 2 aromatic carbocycles. The van der Waals surface area contributed by atoms with Crippen molar-refractivity contribution in [3.05, 3.63) is 44.4 Å². The lowest BCUT2D eigenvalue weighted by atomic mass is 10.2. The van der Waals surface area contributed by atoms with Gasteiger partial charge < -0.3 is 24.3 Å². The van der Waals surface area contributed by atoms with Gasteiger partial charge in [-0.15, -0.1) is 0 Å². The summed E-state index contributed by atoms with van der Waals surface area (Å²) in [6, 6.07) is 8.59. The van der Waals surface area contributed by atoms with Crippen LogP contribution in [0.2, 0.25) is 0 Å². The number of rotatable bonds is 9. The zero-order chi connectivity index (χ0) is 24.9. The third kappa shape index (κ3) is 5.84. The minimum absolute atomic E-state index is 0.120. The van der Waals surface area contributed by atoms with Crippen molar-refractivity contribution in [1.82, 2.24) is 4.90 Å². The van der Waals surface area contributed by atoms with Crippen LogP contribution in [0.15, 0.2) is 35.2 Å². The Morgan fingerprint density at radius 3 is 2.74 bits per heavy atom. The van der Waals surface area contributed by atoms with E-state index in [-0.39, 0.29) is 11.7 Å². The summed E-state index contributed by atoms with van der Waals surface area (Å²) < 4.78 is 22.9. The van der Waals surface area contributed by atoms with E-state index in [2.05, 4.69) is 27.9 Å². The molecule has 3 amide bonds. The molecule has 9 nitrogen and oxygen atoms in total. The second-order valence-electron chi connectivity index (χ2n) is 7.50. The highest BCUT2D eigenvalue weighted by Gasteiger charge is 2.36. The molecule has 2 aliphatic rings. The van der Waals surface area contributed by atoms with Gasteiger partial charge in [-0.2, -0.15) is 0 Å².